The van der Waals surface area contributed by atoms with Crippen LogP contribution in [0, 0.1) is 6.92 Å². The standard InChI is InChI=1S/C17H22N2O2/c1-11-8-12-10-19(13-2-4-14(20)5-3-13)18-16(12)9-17(11)21-15-6-7-15/h8-10,13-15,20H,2-7H2,1H3/t13-,14+. The molecular formula is C17H22N2O2. The third kappa shape index (κ3) is 2.64. The first kappa shape index (κ1) is 13.1. The molecule has 4 rings (SSSR count). The Morgan fingerprint density at radius 3 is 2.62 bits per heavy atom. The molecular weight excluding hydrogens is 264 g/mol. The minimum atomic E-state index is -0.119. The van der Waals surface area contributed by atoms with Crippen LogP contribution >= 0.6 is 0 Å². The normalized spacial score (nSPS) is 26.2. The van der Waals surface area contributed by atoms with Crippen molar-refractivity contribution in [2.75, 3.05) is 0 Å². The average Bonchev–Trinajstić information content (AvgIpc) is 3.19. The maximum Gasteiger partial charge on any atom is 0.124 e. The summed E-state index contributed by atoms with van der Waals surface area (Å²) >= 11 is 0. The summed E-state index contributed by atoms with van der Waals surface area (Å²) in [5, 5.41) is 15.6. The maximum absolute atomic E-state index is 9.63. The largest absolute Gasteiger partial charge is 0.490 e. The molecule has 112 valence electrons. The van der Waals surface area contributed by atoms with E-state index < -0.39 is 0 Å². The Bertz CT molecular complexity index is 652. The van der Waals surface area contributed by atoms with Gasteiger partial charge in [-0.3, -0.25) is 4.68 Å². The Kier molecular flexibility index (Phi) is 3.14. The summed E-state index contributed by atoms with van der Waals surface area (Å²) in [6.45, 7) is 2.10. The first-order chi connectivity index (χ1) is 10.2. The van der Waals surface area contributed by atoms with Crippen LogP contribution in [-0.2, 0) is 0 Å². The third-order valence-corrected chi connectivity index (χ3v) is 4.68. The summed E-state index contributed by atoms with van der Waals surface area (Å²) in [6, 6.07) is 4.68. The van der Waals surface area contributed by atoms with E-state index in [0.29, 0.717) is 12.1 Å². The van der Waals surface area contributed by atoms with E-state index in [1.54, 1.807) is 0 Å². The van der Waals surface area contributed by atoms with Crippen molar-refractivity contribution >= 4 is 10.9 Å². The van der Waals surface area contributed by atoms with Crippen LogP contribution in [0.3, 0.4) is 0 Å². The van der Waals surface area contributed by atoms with Crippen LogP contribution in [0.25, 0.3) is 10.9 Å². The van der Waals surface area contributed by atoms with Crippen LogP contribution in [0.15, 0.2) is 18.3 Å². The first-order valence-corrected chi connectivity index (χ1v) is 8.03. The minimum Gasteiger partial charge on any atom is -0.490 e. The number of nitrogens with zero attached hydrogens (tertiary/aromatic N) is 2. The highest BCUT2D eigenvalue weighted by Crippen LogP contribution is 2.33. The average molecular weight is 286 g/mol. The number of aryl methyl sites for hydroxylation is 1. The fourth-order valence-electron chi connectivity index (χ4n) is 3.19. The molecule has 0 aliphatic heterocycles. The monoisotopic (exact) mass is 286 g/mol. The number of rotatable bonds is 3. The summed E-state index contributed by atoms with van der Waals surface area (Å²) in [5.74, 6) is 0.981. The molecule has 0 amide bonds. The van der Waals surface area contributed by atoms with Gasteiger partial charge in [-0.2, -0.15) is 5.10 Å². The van der Waals surface area contributed by atoms with Gasteiger partial charge in [-0.25, -0.2) is 0 Å². The number of aliphatic hydroxyl groups excluding tert-OH is 1. The Morgan fingerprint density at radius 2 is 1.90 bits per heavy atom. The highest BCUT2D eigenvalue weighted by molar-refractivity contribution is 5.81. The number of ether oxygens (including phenoxy) is 1. The molecule has 2 aromatic rings. The number of hydrogen-bond donors (Lipinski definition) is 1. The summed E-state index contributed by atoms with van der Waals surface area (Å²) < 4.78 is 8.04. The van der Waals surface area contributed by atoms with Crippen molar-refractivity contribution in [1.29, 1.82) is 0 Å². The van der Waals surface area contributed by atoms with Crippen molar-refractivity contribution in [3.63, 3.8) is 0 Å². The molecule has 2 aliphatic carbocycles. The lowest BCUT2D eigenvalue weighted by Crippen LogP contribution is -2.21. The molecule has 1 aromatic heterocycles. The number of fused-ring (bicyclic) bond motifs is 1. The molecule has 4 heteroatoms. The number of aromatic nitrogens is 2. The molecule has 0 radical (unpaired) electrons. The fraction of sp³-hybridized carbons (Fsp3) is 0.588. The molecule has 1 heterocycles. The molecule has 1 aromatic carbocycles. The van der Waals surface area contributed by atoms with Crippen LogP contribution in [-0.4, -0.2) is 27.1 Å². The van der Waals surface area contributed by atoms with Gasteiger partial charge in [0.05, 0.1) is 23.8 Å². The van der Waals surface area contributed by atoms with Crippen LogP contribution in [0.4, 0.5) is 0 Å². The summed E-state index contributed by atoms with van der Waals surface area (Å²) in [7, 11) is 0. The van der Waals surface area contributed by atoms with Gasteiger partial charge in [0.25, 0.3) is 0 Å². The van der Waals surface area contributed by atoms with E-state index in [2.05, 4.69) is 29.9 Å². The Hall–Kier alpha value is -1.55. The van der Waals surface area contributed by atoms with Gasteiger partial charge < -0.3 is 9.84 Å². The van der Waals surface area contributed by atoms with E-state index in [1.807, 2.05) is 0 Å². The van der Waals surface area contributed by atoms with Crippen molar-refractivity contribution in [2.24, 2.45) is 0 Å². The molecule has 0 bridgehead atoms. The second-order valence-electron chi connectivity index (χ2n) is 6.57. The quantitative estimate of drug-likeness (QED) is 0.941. The van der Waals surface area contributed by atoms with Crippen molar-refractivity contribution in [3.8, 4) is 5.75 Å². The topological polar surface area (TPSA) is 47.3 Å². The van der Waals surface area contributed by atoms with Crippen LogP contribution in [0.5, 0.6) is 5.75 Å². The van der Waals surface area contributed by atoms with Crippen LogP contribution < -0.4 is 4.74 Å². The van der Waals surface area contributed by atoms with Gasteiger partial charge in [0.1, 0.15) is 5.75 Å². The lowest BCUT2D eigenvalue weighted by atomic mass is 9.93. The summed E-state index contributed by atoms with van der Waals surface area (Å²) in [5.41, 5.74) is 2.20. The van der Waals surface area contributed by atoms with Crippen molar-refractivity contribution in [1.82, 2.24) is 9.78 Å². The molecule has 0 unspecified atom stereocenters. The highest BCUT2D eigenvalue weighted by Gasteiger charge is 2.25. The first-order valence-electron chi connectivity index (χ1n) is 8.03. The zero-order chi connectivity index (χ0) is 14.4. The van der Waals surface area contributed by atoms with Gasteiger partial charge in [-0.05, 0) is 57.1 Å². The van der Waals surface area contributed by atoms with E-state index in [1.165, 1.54) is 23.8 Å². The third-order valence-electron chi connectivity index (χ3n) is 4.68. The smallest absolute Gasteiger partial charge is 0.124 e. The van der Waals surface area contributed by atoms with Crippen LogP contribution in [0.1, 0.15) is 50.1 Å². The lowest BCUT2D eigenvalue weighted by Gasteiger charge is -2.25. The Morgan fingerprint density at radius 1 is 1.14 bits per heavy atom. The van der Waals surface area contributed by atoms with Crippen molar-refractivity contribution < 1.29 is 9.84 Å². The zero-order valence-corrected chi connectivity index (χ0v) is 12.5. The SMILES string of the molecule is Cc1cc2cn([C@H]3CC[C@@H](O)CC3)nc2cc1OC1CC1. The van der Waals surface area contributed by atoms with Gasteiger partial charge in [0.2, 0.25) is 0 Å². The molecule has 2 saturated carbocycles. The van der Waals surface area contributed by atoms with Gasteiger partial charge >= 0.3 is 0 Å². The van der Waals surface area contributed by atoms with Crippen molar-refractivity contribution in [2.45, 2.75) is 63.7 Å². The number of aliphatic hydroxyl groups is 1. The van der Waals surface area contributed by atoms with Gasteiger partial charge in [-0.15, -0.1) is 0 Å². The molecule has 0 atom stereocenters. The maximum atomic E-state index is 9.63. The molecule has 21 heavy (non-hydrogen) atoms. The fourth-order valence-corrected chi connectivity index (χ4v) is 3.19. The van der Waals surface area contributed by atoms with E-state index >= 15 is 0 Å². The molecule has 2 aliphatic rings. The molecule has 2 fully saturated rings. The van der Waals surface area contributed by atoms with Gasteiger partial charge in [0, 0.05) is 17.6 Å². The molecule has 4 nitrogen and oxygen atoms in total. The van der Waals surface area contributed by atoms with E-state index in [-0.39, 0.29) is 6.10 Å². The van der Waals surface area contributed by atoms with Gasteiger partial charge in [0.15, 0.2) is 0 Å². The highest BCUT2D eigenvalue weighted by atomic mass is 16.5. The predicted molar refractivity (Wildman–Crippen MR) is 81.6 cm³/mol. The summed E-state index contributed by atoms with van der Waals surface area (Å²) in [4.78, 5) is 0. The molecule has 0 spiro atoms. The van der Waals surface area contributed by atoms with Crippen LogP contribution in [0.2, 0.25) is 0 Å². The van der Waals surface area contributed by atoms with Gasteiger partial charge in [-0.1, -0.05) is 0 Å². The second-order valence-corrected chi connectivity index (χ2v) is 6.57. The molecule has 0 saturated heterocycles. The molecule has 1 N–H and O–H groups in total. The second kappa shape index (κ2) is 5.02. The Balaban J connectivity index is 1.62. The predicted octanol–water partition coefficient (Wildman–Crippen LogP) is 3.36. The number of hydrogen-bond acceptors (Lipinski definition) is 3. The van der Waals surface area contributed by atoms with E-state index in [4.69, 9.17) is 9.84 Å². The Labute approximate surface area is 124 Å². The summed E-state index contributed by atoms with van der Waals surface area (Å²) in [6.07, 6.45) is 8.60. The van der Waals surface area contributed by atoms with E-state index in [0.717, 1.165) is 36.9 Å². The van der Waals surface area contributed by atoms with E-state index in [9.17, 15) is 5.11 Å². The minimum absolute atomic E-state index is 0.119. The number of benzene rings is 1. The zero-order valence-electron chi connectivity index (χ0n) is 12.5. The van der Waals surface area contributed by atoms with Crippen molar-refractivity contribution in [3.05, 3.63) is 23.9 Å². The lowest BCUT2D eigenvalue weighted by molar-refractivity contribution is 0.108.